The Kier molecular flexibility index (Phi) is 68.0. The quantitative estimate of drug-likeness (QED) is 0.118. The van der Waals surface area contributed by atoms with Crippen molar-refractivity contribution in [2.45, 2.75) is 104 Å². The molecule has 0 saturated carbocycles. The van der Waals surface area contributed by atoms with E-state index in [0.717, 1.165) is 0 Å². The molecule has 0 aliphatic heterocycles. The van der Waals surface area contributed by atoms with Crippen molar-refractivity contribution < 1.29 is 19.5 Å². The molecule has 0 heterocycles. The molecule has 0 rings (SSSR count). The Morgan fingerprint density at radius 1 is 0.194 bits per heavy atom. The molecule has 0 spiro atoms. The topological polar surface area (TPSA) is 0 Å². The first-order chi connectivity index (χ1) is 16.7. The third kappa shape index (κ3) is 43.8. The van der Waals surface area contributed by atoms with Gasteiger partial charge in [0.15, 0.2) is 0 Å². The number of rotatable bonds is 15. The molecule has 0 aromatic rings. The van der Waals surface area contributed by atoms with Gasteiger partial charge in [0.1, 0.15) is 0 Å². The molecule has 0 amide bonds. The average Bonchev–Trinajstić information content (AvgIpc) is 2.91. The largest absolute Gasteiger partial charge is 0.108 e. The minimum absolute atomic E-state index is 0. The van der Waals surface area contributed by atoms with Crippen LogP contribution < -0.4 is 0 Å². The summed E-state index contributed by atoms with van der Waals surface area (Å²) in [7, 11) is 2.23. The molecule has 0 N–H and O–H groups in total. The molecule has 0 atom stereocenters. The summed E-state index contributed by atoms with van der Waals surface area (Å²) < 4.78 is 0. The van der Waals surface area contributed by atoms with Crippen LogP contribution in [0.25, 0.3) is 0 Å². The fourth-order valence-electron chi connectivity index (χ4n) is 3.35. The predicted molar refractivity (Wildman–Crippen MR) is 193 cm³/mol. The van der Waals surface area contributed by atoms with Crippen molar-refractivity contribution in [1.82, 2.24) is 0 Å². The maximum atomic E-state index is 2.29. The minimum Gasteiger partial charge on any atom is -0.108 e. The maximum Gasteiger partial charge on any atom is 0 e. The second-order valence-corrected chi connectivity index (χ2v) is 24.3. The van der Waals surface area contributed by atoms with Gasteiger partial charge in [-0.3, -0.25) is 0 Å². The van der Waals surface area contributed by atoms with E-state index < -0.39 is 0 Å². The fraction of sp³-hybridized carbons (Fsp3) is 1.00. The molecule has 36 heavy (non-hydrogen) atoms. The Labute approximate surface area is 254 Å². The molecular formula is C30H75P5Ru. The molecule has 0 aliphatic rings. The van der Waals surface area contributed by atoms with Gasteiger partial charge >= 0.3 is 0 Å². The van der Waals surface area contributed by atoms with Crippen molar-refractivity contribution in [3.63, 3.8) is 0 Å². The van der Waals surface area contributed by atoms with E-state index in [9.17, 15) is 0 Å². The molecule has 0 fully saturated rings. The molecule has 228 valence electrons. The van der Waals surface area contributed by atoms with Gasteiger partial charge in [0, 0.05) is 19.5 Å². The second kappa shape index (κ2) is 47.6. The predicted octanol–water partition coefficient (Wildman–Crippen LogP) is 12.6. The van der Waals surface area contributed by atoms with E-state index in [1.165, 1.54) is 92.4 Å². The normalized spacial score (nSPS) is 10.0. The molecule has 0 aromatic heterocycles. The van der Waals surface area contributed by atoms with Gasteiger partial charge in [-0.05, 0) is 92.4 Å². The third-order valence-corrected chi connectivity index (χ3v) is 20.1. The molecule has 0 nitrogen and oxygen atoms in total. The monoisotopic (exact) mass is 692 g/mol. The Hall–Kier alpha value is 2.77. The van der Waals surface area contributed by atoms with Gasteiger partial charge in [0.25, 0.3) is 0 Å². The van der Waals surface area contributed by atoms with E-state index in [4.69, 9.17) is 0 Å². The molecule has 0 aliphatic carbocycles. The van der Waals surface area contributed by atoms with Gasteiger partial charge in [0.05, 0.1) is 0 Å². The van der Waals surface area contributed by atoms with E-state index in [2.05, 4.69) is 104 Å². The smallest absolute Gasteiger partial charge is 0 e. The third-order valence-electron chi connectivity index (χ3n) is 6.71. The van der Waals surface area contributed by atoms with Crippen LogP contribution in [0.5, 0.6) is 0 Å². The molecule has 0 bridgehead atoms. The Balaban J connectivity index is -0.0000000776. The summed E-state index contributed by atoms with van der Waals surface area (Å²) in [5.74, 6) is 0. The summed E-state index contributed by atoms with van der Waals surface area (Å²) in [4.78, 5) is 0. The van der Waals surface area contributed by atoms with Crippen LogP contribution in [0, 0.1) is 0 Å². The molecule has 0 saturated heterocycles. The van der Waals surface area contributed by atoms with Crippen LogP contribution in [0.15, 0.2) is 0 Å². The van der Waals surface area contributed by atoms with E-state index >= 15 is 0 Å². The van der Waals surface area contributed by atoms with Gasteiger partial charge in [0.2, 0.25) is 0 Å². The first kappa shape index (κ1) is 51.5. The fourth-order valence-corrected chi connectivity index (χ4v) is 10.1. The van der Waals surface area contributed by atoms with Crippen LogP contribution in [0.3, 0.4) is 0 Å². The summed E-state index contributed by atoms with van der Waals surface area (Å²) in [6.45, 7) is 34.4. The molecule has 0 radical (unpaired) electrons. The Morgan fingerprint density at radius 3 is 0.250 bits per heavy atom. The van der Waals surface area contributed by atoms with E-state index in [-0.39, 0.29) is 19.5 Å². The van der Waals surface area contributed by atoms with Crippen molar-refractivity contribution in [3.8, 4) is 0 Å². The van der Waals surface area contributed by atoms with Gasteiger partial charge in [-0.15, -0.1) is 39.6 Å². The van der Waals surface area contributed by atoms with Crippen LogP contribution in [0.1, 0.15) is 104 Å². The minimum atomic E-state index is 0. The van der Waals surface area contributed by atoms with E-state index in [0.29, 0.717) is 39.6 Å². The van der Waals surface area contributed by atoms with Crippen LogP contribution in [-0.4, -0.2) is 92.4 Å². The van der Waals surface area contributed by atoms with Crippen molar-refractivity contribution in [2.75, 3.05) is 92.4 Å². The van der Waals surface area contributed by atoms with Crippen LogP contribution in [0.2, 0.25) is 0 Å². The number of hydrogen-bond acceptors (Lipinski definition) is 0. The summed E-state index contributed by atoms with van der Waals surface area (Å²) in [6, 6.07) is 0. The summed E-state index contributed by atoms with van der Waals surface area (Å²) in [6.07, 6.45) is 21.3. The van der Waals surface area contributed by atoms with Crippen molar-refractivity contribution in [1.29, 1.82) is 0 Å². The van der Waals surface area contributed by atoms with Crippen LogP contribution in [0.4, 0.5) is 0 Å². The van der Waals surface area contributed by atoms with E-state index in [1.807, 2.05) is 0 Å². The van der Waals surface area contributed by atoms with E-state index in [1.54, 1.807) is 0 Å². The second-order valence-electron chi connectivity index (χ2n) is 8.10. The maximum absolute atomic E-state index is 2.29. The van der Waals surface area contributed by atoms with Gasteiger partial charge in [-0.2, -0.15) is 0 Å². The molecule has 0 aromatic carbocycles. The van der Waals surface area contributed by atoms with Crippen LogP contribution in [-0.2, 0) is 19.5 Å². The Bertz CT molecular complexity index is 205. The number of hydrogen-bond donors (Lipinski definition) is 0. The summed E-state index contributed by atoms with van der Waals surface area (Å²) in [5, 5.41) is 0. The first-order valence-electron chi connectivity index (χ1n) is 15.4. The van der Waals surface area contributed by atoms with Crippen molar-refractivity contribution in [3.05, 3.63) is 0 Å². The molecule has 0 unspecified atom stereocenters. The zero-order valence-electron chi connectivity index (χ0n) is 28.2. The van der Waals surface area contributed by atoms with Gasteiger partial charge < -0.3 is 0 Å². The zero-order chi connectivity index (χ0) is 28.5. The SMILES string of the molecule is CCP(CC)CC.CCP(CC)CC.CCP(CC)CC.CCP(CC)CC.CCP(CC)CC.[Ru]. The van der Waals surface area contributed by atoms with Crippen LogP contribution >= 0.6 is 39.6 Å². The summed E-state index contributed by atoms with van der Waals surface area (Å²) >= 11 is 0. The first-order valence-corrected chi connectivity index (χ1v) is 24.8. The van der Waals surface area contributed by atoms with Crippen molar-refractivity contribution in [2.24, 2.45) is 0 Å². The zero-order valence-corrected chi connectivity index (χ0v) is 34.4. The molecular weight excluding hydrogens is 616 g/mol. The Morgan fingerprint density at radius 2 is 0.250 bits per heavy atom. The standard InChI is InChI=1S/5C6H15P.Ru/c5*1-4-7(5-2)6-3;/h5*4-6H2,1-3H3;. The van der Waals surface area contributed by atoms with Crippen molar-refractivity contribution >= 4 is 39.6 Å². The summed E-state index contributed by atoms with van der Waals surface area (Å²) in [5.41, 5.74) is 0. The van der Waals surface area contributed by atoms with Gasteiger partial charge in [-0.25, -0.2) is 0 Å². The van der Waals surface area contributed by atoms with Gasteiger partial charge in [-0.1, -0.05) is 104 Å². The molecule has 6 heteroatoms. The average molecular weight is 692 g/mol.